The number of primary amides is 1. The zero-order valence-electron chi connectivity index (χ0n) is 12.4. The maximum Gasteiger partial charge on any atom is 0.312 e. The number of amides is 3. The van der Waals surface area contributed by atoms with E-state index in [0.717, 1.165) is 25.7 Å². The molecule has 0 aromatic carbocycles. The zero-order chi connectivity index (χ0) is 15.1. The predicted octanol–water partition coefficient (Wildman–Crippen LogP) is 0.594. The fourth-order valence-electron chi connectivity index (χ4n) is 2.82. The van der Waals surface area contributed by atoms with Gasteiger partial charge in [-0.1, -0.05) is 26.7 Å². The molecule has 1 aliphatic carbocycles. The van der Waals surface area contributed by atoms with Crippen molar-refractivity contribution in [1.29, 1.82) is 0 Å². The van der Waals surface area contributed by atoms with Crippen LogP contribution in [0, 0.1) is 17.8 Å². The summed E-state index contributed by atoms with van der Waals surface area (Å²) in [5, 5.41) is 14.7. The van der Waals surface area contributed by atoms with Gasteiger partial charge in [0.25, 0.3) is 0 Å². The average Bonchev–Trinajstić information content (AvgIpc) is 2.88. The molecule has 0 bridgehead atoms. The van der Waals surface area contributed by atoms with Crippen molar-refractivity contribution in [3.05, 3.63) is 0 Å². The van der Waals surface area contributed by atoms with E-state index < -0.39 is 12.1 Å². The van der Waals surface area contributed by atoms with E-state index in [1.54, 1.807) is 0 Å². The summed E-state index contributed by atoms with van der Waals surface area (Å²) in [5.41, 5.74) is 5.12. The molecule has 0 aromatic heterocycles. The van der Waals surface area contributed by atoms with Gasteiger partial charge in [-0.15, -0.1) is 0 Å². The van der Waals surface area contributed by atoms with Crippen molar-refractivity contribution in [2.45, 2.75) is 45.6 Å². The highest BCUT2D eigenvalue weighted by molar-refractivity contribution is 5.86. The average molecular weight is 285 g/mol. The normalized spacial score (nSPS) is 24.9. The Labute approximate surface area is 120 Å². The molecule has 6 heteroatoms. The molecule has 20 heavy (non-hydrogen) atoms. The Morgan fingerprint density at radius 1 is 1.35 bits per heavy atom. The summed E-state index contributed by atoms with van der Waals surface area (Å²) in [7, 11) is 0. The molecule has 1 fully saturated rings. The van der Waals surface area contributed by atoms with Crippen LogP contribution in [0.2, 0.25) is 0 Å². The number of hydrogen-bond acceptors (Lipinski definition) is 3. The number of aliphatic hydroxyl groups excluding tert-OH is 1. The summed E-state index contributed by atoms with van der Waals surface area (Å²) < 4.78 is 0. The molecule has 0 aromatic rings. The van der Waals surface area contributed by atoms with E-state index in [2.05, 4.69) is 10.6 Å². The maximum atomic E-state index is 12.2. The number of urea groups is 1. The van der Waals surface area contributed by atoms with Crippen LogP contribution >= 0.6 is 0 Å². The van der Waals surface area contributed by atoms with Crippen LogP contribution < -0.4 is 16.4 Å². The highest BCUT2D eigenvalue weighted by Gasteiger charge is 2.29. The van der Waals surface area contributed by atoms with Crippen LogP contribution in [-0.4, -0.2) is 36.2 Å². The van der Waals surface area contributed by atoms with Crippen LogP contribution in [0.15, 0.2) is 0 Å². The summed E-state index contributed by atoms with van der Waals surface area (Å²) >= 11 is 0. The molecule has 1 rings (SSSR count). The number of rotatable bonds is 7. The Balaban J connectivity index is 2.51. The Hall–Kier alpha value is -1.30. The summed E-state index contributed by atoms with van der Waals surface area (Å²) in [6.07, 6.45) is 3.93. The van der Waals surface area contributed by atoms with Crippen molar-refractivity contribution in [3.63, 3.8) is 0 Å². The number of carbonyl (C=O) groups is 2. The molecule has 0 aliphatic heterocycles. The molecule has 6 nitrogen and oxygen atoms in total. The highest BCUT2D eigenvalue weighted by atomic mass is 16.3. The van der Waals surface area contributed by atoms with E-state index in [1.165, 1.54) is 0 Å². The monoisotopic (exact) mass is 285 g/mol. The Morgan fingerprint density at radius 3 is 2.55 bits per heavy atom. The second-order valence-electron chi connectivity index (χ2n) is 5.75. The number of aliphatic hydroxyl groups is 1. The van der Waals surface area contributed by atoms with Crippen LogP contribution in [0.3, 0.4) is 0 Å². The minimum absolute atomic E-state index is 0.0275. The van der Waals surface area contributed by atoms with E-state index in [4.69, 9.17) is 5.73 Å². The molecule has 0 heterocycles. The summed E-state index contributed by atoms with van der Waals surface area (Å²) in [4.78, 5) is 23.2. The number of carbonyl (C=O) groups excluding carboxylic acids is 2. The quantitative estimate of drug-likeness (QED) is 0.550. The number of nitrogens with one attached hydrogen (secondary N) is 2. The minimum Gasteiger partial charge on any atom is -0.396 e. The topological polar surface area (TPSA) is 104 Å². The summed E-state index contributed by atoms with van der Waals surface area (Å²) in [6, 6.07) is -1.27. The lowest BCUT2D eigenvalue weighted by atomic mass is 9.95. The van der Waals surface area contributed by atoms with E-state index >= 15 is 0 Å². The van der Waals surface area contributed by atoms with Gasteiger partial charge in [-0.2, -0.15) is 0 Å². The summed E-state index contributed by atoms with van der Waals surface area (Å²) in [5.74, 6) is 0.443. The smallest absolute Gasteiger partial charge is 0.312 e. The first-order valence-electron chi connectivity index (χ1n) is 7.44. The minimum atomic E-state index is -0.681. The maximum absolute atomic E-state index is 12.2. The van der Waals surface area contributed by atoms with Gasteiger partial charge in [0.05, 0.1) is 0 Å². The molecule has 1 aliphatic rings. The first-order valence-corrected chi connectivity index (χ1v) is 7.44. The van der Waals surface area contributed by atoms with Gasteiger partial charge in [0, 0.05) is 13.2 Å². The third-order valence-electron chi connectivity index (χ3n) is 4.38. The second-order valence-corrected chi connectivity index (χ2v) is 5.75. The van der Waals surface area contributed by atoms with Crippen molar-refractivity contribution in [2.75, 3.05) is 13.2 Å². The van der Waals surface area contributed by atoms with Crippen LogP contribution in [0.5, 0.6) is 0 Å². The number of nitrogens with two attached hydrogens (primary N) is 1. The second kappa shape index (κ2) is 8.09. The van der Waals surface area contributed by atoms with Gasteiger partial charge in [0.2, 0.25) is 5.91 Å². The van der Waals surface area contributed by atoms with Gasteiger partial charge < -0.3 is 21.5 Å². The first kappa shape index (κ1) is 16.8. The van der Waals surface area contributed by atoms with Crippen molar-refractivity contribution >= 4 is 11.9 Å². The molecule has 0 spiro atoms. The van der Waals surface area contributed by atoms with Crippen molar-refractivity contribution in [1.82, 2.24) is 10.6 Å². The molecule has 5 N–H and O–H groups in total. The Bertz CT molecular complexity index is 336. The molecule has 0 radical (unpaired) electrons. The third-order valence-corrected chi connectivity index (χ3v) is 4.38. The molecular weight excluding hydrogens is 258 g/mol. The molecular formula is C14H27N3O3. The van der Waals surface area contributed by atoms with E-state index in [9.17, 15) is 14.7 Å². The fraction of sp³-hybridized carbons (Fsp3) is 0.857. The Kier molecular flexibility index (Phi) is 6.78. The van der Waals surface area contributed by atoms with E-state index in [-0.39, 0.29) is 24.3 Å². The van der Waals surface area contributed by atoms with Gasteiger partial charge in [-0.25, -0.2) is 4.79 Å². The molecule has 4 unspecified atom stereocenters. The lowest BCUT2D eigenvalue weighted by Crippen LogP contribution is -2.52. The standard InChI is InChI=1S/C14H27N3O3/c1-3-9(2)12(17-14(15)20)13(19)16-7-10-5-4-6-11(10)8-18/h9-12,18H,3-8H2,1-2H3,(H,16,19)(H3,15,17,20). The molecule has 0 saturated heterocycles. The van der Waals surface area contributed by atoms with Crippen LogP contribution in [-0.2, 0) is 4.79 Å². The van der Waals surface area contributed by atoms with Gasteiger partial charge in [0.15, 0.2) is 0 Å². The van der Waals surface area contributed by atoms with E-state index in [1.807, 2.05) is 13.8 Å². The van der Waals surface area contributed by atoms with Crippen molar-refractivity contribution < 1.29 is 14.7 Å². The molecule has 1 saturated carbocycles. The Morgan fingerprint density at radius 2 is 2.00 bits per heavy atom. The van der Waals surface area contributed by atoms with Gasteiger partial charge in [-0.05, 0) is 30.6 Å². The van der Waals surface area contributed by atoms with E-state index in [0.29, 0.717) is 12.5 Å². The van der Waals surface area contributed by atoms with Crippen LogP contribution in [0.4, 0.5) is 4.79 Å². The molecule has 116 valence electrons. The highest BCUT2D eigenvalue weighted by Crippen LogP contribution is 2.30. The van der Waals surface area contributed by atoms with Gasteiger partial charge >= 0.3 is 6.03 Å². The van der Waals surface area contributed by atoms with Crippen molar-refractivity contribution in [3.8, 4) is 0 Å². The first-order chi connectivity index (χ1) is 9.49. The molecule has 4 atom stereocenters. The zero-order valence-corrected chi connectivity index (χ0v) is 12.4. The fourth-order valence-corrected chi connectivity index (χ4v) is 2.82. The van der Waals surface area contributed by atoms with Crippen LogP contribution in [0.25, 0.3) is 0 Å². The molecule has 3 amide bonds. The lowest BCUT2D eigenvalue weighted by molar-refractivity contribution is -0.124. The van der Waals surface area contributed by atoms with Crippen molar-refractivity contribution in [2.24, 2.45) is 23.5 Å². The largest absolute Gasteiger partial charge is 0.396 e. The van der Waals surface area contributed by atoms with Gasteiger partial charge in [-0.3, -0.25) is 4.79 Å². The summed E-state index contributed by atoms with van der Waals surface area (Å²) in [6.45, 7) is 4.60. The SMILES string of the molecule is CCC(C)C(NC(N)=O)C(=O)NCC1CCCC1CO. The third kappa shape index (κ3) is 4.67. The predicted molar refractivity (Wildman–Crippen MR) is 76.9 cm³/mol. The number of hydrogen-bond donors (Lipinski definition) is 4. The van der Waals surface area contributed by atoms with Gasteiger partial charge in [0.1, 0.15) is 6.04 Å². The van der Waals surface area contributed by atoms with Crippen LogP contribution in [0.1, 0.15) is 39.5 Å². The lowest BCUT2D eigenvalue weighted by Gasteiger charge is -2.24.